The summed E-state index contributed by atoms with van der Waals surface area (Å²) in [5.74, 6) is 1.01. The Morgan fingerprint density at radius 2 is 1.84 bits per heavy atom. The van der Waals surface area contributed by atoms with Gasteiger partial charge >= 0.3 is 0 Å². The summed E-state index contributed by atoms with van der Waals surface area (Å²) in [6.45, 7) is 5.65. The molecule has 0 aliphatic rings. The van der Waals surface area contributed by atoms with Crippen LogP contribution in [-0.4, -0.2) is 18.0 Å². The van der Waals surface area contributed by atoms with E-state index in [0.717, 1.165) is 31.8 Å². The third-order valence-electron chi connectivity index (χ3n) is 3.33. The van der Waals surface area contributed by atoms with Gasteiger partial charge in [-0.15, -0.1) is 0 Å². The fourth-order valence-corrected chi connectivity index (χ4v) is 2.25. The number of nitrogens with two attached hydrogens (primary N) is 1. The van der Waals surface area contributed by atoms with E-state index in [4.69, 9.17) is 10.2 Å². The topological polar surface area (TPSA) is 42.4 Å². The minimum atomic E-state index is 0.696. The predicted octanol–water partition coefficient (Wildman–Crippen LogP) is 2.80. The Kier molecular flexibility index (Phi) is 5.19. The van der Waals surface area contributed by atoms with Gasteiger partial charge in [0.25, 0.3) is 0 Å². The Morgan fingerprint density at radius 1 is 1.05 bits per heavy atom. The second-order valence-corrected chi connectivity index (χ2v) is 4.69. The lowest BCUT2D eigenvalue weighted by molar-refractivity contribution is 0.247. The highest BCUT2D eigenvalue weighted by Gasteiger charge is 2.09. The monoisotopic (exact) mass is 258 g/mol. The molecule has 0 spiro atoms. The molecule has 0 aliphatic carbocycles. The van der Waals surface area contributed by atoms with E-state index in [2.05, 4.69) is 36.1 Å². The van der Waals surface area contributed by atoms with E-state index < -0.39 is 0 Å². The highest BCUT2D eigenvalue weighted by Crippen LogP contribution is 2.14. The highest BCUT2D eigenvalue weighted by atomic mass is 16.3. The van der Waals surface area contributed by atoms with Crippen LogP contribution in [0.4, 0.5) is 0 Å². The van der Waals surface area contributed by atoms with Crippen LogP contribution in [0.25, 0.3) is 0 Å². The van der Waals surface area contributed by atoms with Crippen molar-refractivity contribution >= 4 is 0 Å². The van der Waals surface area contributed by atoms with Gasteiger partial charge in [0.05, 0.1) is 12.8 Å². The minimum absolute atomic E-state index is 0.696. The van der Waals surface area contributed by atoms with Gasteiger partial charge in [0.2, 0.25) is 0 Å². The maximum absolute atomic E-state index is 5.67. The van der Waals surface area contributed by atoms with E-state index >= 15 is 0 Å². The van der Waals surface area contributed by atoms with E-state index in [1.807, 2.05) is 12.1 Å². The van der Waals surface area contributed by atoms with Crippen LogP contribution in [0.1, 0.15) is 23.8 Å². The summed E-state index contributed by atoms with van der Waals surface area (Å²) >= 11 is 0. The lowest BCUT2D eigenvalue weighted by atomic mass is 10.0. The maximum atomic E-state index is 5.67. The van der Waals surface area contributed by atoms with Crippen LogP contribution >= 0.6 is 0 Å². The molecule has 2 aromatic rings. The standard InChI is InChI=1S/C16H22N2O/c1-2-18(13-16-8-5-11-19-16)12-15-7-4-3-6-14(15)9-10-17/h3-8,11H,2,9-10,12-13,17H2,1H3. The van der Waals surface area contributed by atoms with Crippen LogP contribution in [0.2, 0.25) is 0 Å². The molecular formula is C16H22N2O. The molecule has 1 heterocycles. The summed E-state index contributed by atoms with van der Waals surface area (Å²) in [5.41, 5.74) is 8.39. The summed E-state index contributed by atoms with van der Waals surface area (Å²) in [5, 5.41) is 0. The third kappa shape index (κ3) is 3.94. The van der Waals surface area contributed by atoms with Crippen molar-refractivity contribution in [2.24, 2.45) is 5.73 Å². The van der Waals surface area contributed by atoms with E-state index in [9.17, 15) is 0 Å². The number of rotatable bonds is 7. The average Bonchev–Trinajstić information content (AvgIpc) is 2.93. The van der Waals surface area contributed by atoms with Crippen LogP contribution in [-0.2, 0) is 19.5 Å². The van der Waals surface area contributed by atoms with Gasteiger partial charge in [-0.05, 0) is 42.8 Å². The number of hydrogen-bond donors (Lipinski definition) is 1. The first-order chi connectivity index (χ1) is 9.33. The van der Waals surface area contributed by atoms with Gasteiger partial charge in [0.15, 0.2) is 0 Å². The first-order valence-electron chi connectivity index (χ1n) is 6.85. The largest absolute Gasteiger partial charge is 0.468 e. The fraction of sp³-hybridized carbons (Fsp3) is 0.375. The van der Waals surface area contributed by atoms with Crippen molar-refractivity contribution < 1.29 is 4.42 Å². The number of nitrogens with zero attached hydrogens (tertiary/aromatic N) is 1. The van der Waals surface area contributed by atoms with E-state index in [0.29, 0.717) is 6.54 Å². The normalized spacial score (nSPS) is 11.1. The quantitative estimate of drug-likeness (QED) is 0.830. The number of furan rings is 1. The molecule has 19 heavy (non-hydrogen) atoms. The lowest BCUT2D eigenvalue weighted by Gasteiger charge is -2.21. The number of hydrogen-bond acceptors (Lipinski definition) is 3. The van der Waals surface area contributed by atoms with Gasteiger partial charge in [-0.25, -0.2) is 0 Å². The van der Waals surface area contributed by atoms with Crippen molar-refractivity contribution in [1.29, 1.82) is 0 Å². The Hall–Kier alpha value is -1.58. The third-order valence-corrected chi connectivity index (χ3v) is 3.33. The van der Waals surface area contributed by atoms with Gasteiger partial charge in [-0.2, -0.15) is 0 Å². The molecule has 2 N–H and O–H groups in total. The van der Waals surface area contributed by atoms with Crippen molar-refractivity contribution in [3.05, 3.63) is 59.5 Å². The van der Waals surface area contributed by atoms with Crippen molar-refractivity contribution in [1.82, 2.24) is 4.90 Å². The SMILES string of the molecule is CCN(Cc1ccco1)Cc1ccccc1CCN. The van der Waals surface area contributed by atoms with Crippen molar-refractivity contribution in [2.75, 3.05) is 13.1 Å². The fourth-order valence-electron chi connectivity index (χ4n) is 2.25. The smallest absolute Gasteiger partial charge is 0.117 e. The second kappa shape index (κ2) is 7.12. The molecule has 0 fully saturated rings. The molecule has 0 amide bonds. The van der Waals surface area contributed by atoms with Crippen molar-refractivity contribution in [2.45, 2.75) is 26.4 Å². The van der Waals surface area contributed by atoms with E-state index in [1.54, 1.807) is 6.26 Å². The van der Waals surface area contributed by atoms with Gasteiger partial charge in [-0.1, -0.05) is 31.2 Å². The Bertz CT molecular complexity index is 479. The zero-order chi connectivity index (χ0) is 13.5. The predicted molar refractivity (Wildman–Crippen MR) is 77.7 cm³/mol. The number of benzene rings is 1. The lowest BCUT2D eigenvalue weighted by Crippen LogP contribution is -2.23. The first kappa shape index (κ1) is 13.8. The Morgan fingerprint density at radius 3 is 2.47 bits per heavy atom. The molecule has 0 atom stereocenters. The van der Waals surface area contributed by atoms with Crippen LogP contribution in [0.3, 0.4) is 0 Å². The van der Waals surface area contributed by atoms with Crippen LogP contribution in [0.5, 0.6) is 0 Å². The molecule has 0 radical (unpaired) electrons. The summed E-state index contributed by atoms with van der Waals surface area (Å²) in [4.78, 5) is 2.37. The molecular weight excluding hydrogens is 236 g/mol. The van der Waals surface area contributed by atoms with Gasteiger partial charge < -0.3 is 10.2 Å². The molecule has 102 valence electrons. The molecule has 0 bridgehead atoms. The van der Waals surface area contributed by atoms with Crippen molar-refractivity contribution in [3.63, 3.8) is 0 Å². The molecule has 2 rings (SSSR count). The summed E-state index contributed by atoms with van der Waals surface area (Å²) in [7, 11) is 0. The average molecular weight is 258 g/mol. The van der Waals surface area contributed by atoms with Gasteiger partial charge in [0, 0.05) is 6.54 Å². The van der Waals surface area contributed by atoms with Crippen LogP contribution < -0.4 is 5.73 Å². The van der Waals surface area contributed by atoms with E-state index in [1.165, 1.54) is 11.1 Å². The highest BCUT2D eigenvalue weighted by molar-refractivity contribution is 5.27. The van der Waals surface area contributed by atoms with Crippen LogP contribution in [0, 0.1) is 0 Å². The molecule has 0 unspecified atom stereocenters. The summed E-state index contributed by atoms with van der Waals surface area (Å²) in [6, 6.07) is 12.5. The molecule has 3 nitrogen and oxygen atoms in total. The molecule has 0 saturated carbocycles. The molecule has 1 aromatic carbocycles. The maximum Gasteiger partial charge on any atom is 0.117 e. The Balaban J connectivity index is 2.05. The second-order valence-electron chi connectivity index (χ2n) is 4.69. The molecule has 3 heteroatoms. The zero-order valence-electron chi connectivity index (χ0n) is 11.5. The molecule has 1 aromatic heterocycles. The minimum Gasteiger partial charge on any atom is -0.468 e. The van der Waals surface area contributed by atoms with E-state index in [-0.39, 0.29) is 0 Å². The van der Waals surface area contributed by atoms with Crippen molar-refractivity contribution in [3.8, 4) is 0 Å². The first-order valence-corrected chi connectivity index (χ1v) is 6.85. The summed E-state index contributed by atoms with van der Waals surface area (Å²) in [6.07, 6.45) is 2.67. The zero-order valence-corrected chi connectivity index (χ0v) is 11.5. The van der Waals surface area contributed by atoms with Gasteiger partial charge in [0.1, 0.15) is 5.76 Å². The molecule has 0 aliphatic heterocycles. The van der Waals surface area contributed by atoms with Crippen LogP contribution in [0.15, 0.2) is 47.1 Å². The van der Waals surface area contributed by atoms with Gasteiger partial charge in [-0.3, -0.25) is 4.90 Å². The summed E-state index contributed by atoms with van der Waals surface area (Å²) < 4.78 is 5.42. The Labute approximate surface area is 115 Å². The molecule has 0 saturated heterocycles.